The Balaban J connectivity index is 1.52. The van der Waals surface area contributed by atoms with Gasteiger partial charge in [0.25, 0.3) is 0 Å². The molecule has 0 aliphatic rings. The van der Waals surface area contributed by atoms with Crippen LogP contribution in [0.4, 0.5) is 5.13 Å². The number of hydrogen-bond acceptors (Lipinski definition) is 5. The Morgan fingerprint density at radius 2 is 1.96 bits per heavy atom. The molecule has 0 radical (unpaired) electrons. The van der Waals surface area contributed by atoms with Gasteiger partial charge in [0.05, 0.1) is 16.0 Å². The molecule has 3 aromatic rings. The smallest absolute Gasteiger partial charge is 0.226 e. The maximum Gasteiger partial charge on any atom is 0.226 e. The summed E-state index contributed by atoms with van der Waals surface area (Å²) in [7, 11) is 0. The minimum absolute atomic E-state index is 0.0520. The molecule has 0 unspecified atom stereocenters. The van der Waals surface area contributed by atoms with Crippen LogP contribution in [0.15, 0.2) is 42.6 Å². The fourth-order valence-electron chi connectivity index (χ4n) is 2.25. The number of nitriles is 1. The summed E-state index contributed by atoms with van der Waals surface area (Å²) >= 11 is 8.85. The van der Waals surface area contributed by atoms with Gasteiger partial charge in [-0.05, 0) is 36.2 Å². The Kier molecular flexibility index (Phi) is 5.82. The Bertz CT molecular complexity index is 909. The SMILES string of the molecule is N#Cc1ccc(Cc2cnc(NC(=O)CCc3ccc(Cl)s3)s2)cc1. The van der Waals surface area contributed by atoms with Crippen LogP contribution in [0.3, 0.4) is 0 Å². The van der Waals surface area contributed by atoms with E-state index in [9.17, 15) is 4.79 Å². The van der Waals surface area contributed by atoms with Gasteiger partial charge in [-0.3, -0.25) is 4.79 Å². The number of thiazole rings is 1. The summed E-state index contributed by atoms with van der Waals surface area (Å²) < 4.78 is 0.739. The van der Waals surface area contributed by atoms with E-state index in [0.29, 0.717) is 23.5 Å². The first-order valence-corrected chi connectivity index (χ1v) is 9.61. The Morgan fingerprint density at radius 1 is 1.16 bits per heavy atom. The number of benzene rings is 1. The van der Waals surface area contributed by atoms with Crippen molar-refractivity contribution in [2.75, 3.05) is 5.32 Å². The van der Waals surface area contributed by atoms with Crippen molar-refractivity contribution in [2.45, 2.75) is 19.3 Å². The molecule has 126 valence electrons. The van der Waals surface area contributed by atoms with E-state index < -0.39 is 0 Å². The quantitative estimate of drug-likeness (QED) is 0.654. The molecule has 1 N–H and O–H groups in total. The highest BCUT2D eigenvalue weighted by molar-refractivity contribution is 7.16. The predicted molar refractivity (Wildman–Crippen MR) is 102 cm³/mol. The molecule has 0 spiro atoms. The molecule has 0 fully saturated rings. The van der Waals surface area contributed by atoms with E-state index in [1.54, 1.807) is 18.3 Å². The van der Waals surface area contributed by atoms with Crippen molar-refractivity contribution in [3.05, 3.63) is 67.8 Å². The van der Waals surface area contributed by atoms with Crippen molar-refractivity contribution in [3.8, 4) is 6.07 Å². The first kappa shape index (κ1) is 17.6. The van der Waals surface area contributed by atoms with Crippen LogP contribution in [0.25, 0.3) is 0 Å². The number of aryl methyl sites for hydroxylation is 1. The van der Waals surface area contributed by atoms with Crippen LogP contribution in [0.1, 0.15) is 27.3 Å². The van der Waals surface area contributed by atoms with E-state index in [2.05, 4.69) is 16.4 Å². The molecule has 7 heteroatoms. The van der Waals surface area contributed by atoms with Crippen molar-refractivity contribution in [1.82, 2.24) is 4.98 Å². The molecule has 0 saturated heterocycles. The number of halogens is 1. The van der Waals surface area contributed by atoms with Crippen molar-refractivity contribution in [1.29, 1.82) is 5.26 Å². The normalized spacial score (nSPS) is 10.4. The molecule has 0 saturated carbocycles. The first-order chi connectivity index (χ1) is 12.1. The highest BCUT2D eigenvalue weighted by Crippen LogP contribution is 2.24. The van der Waals surface area contributed by atoms with Crippen LogP contribution in [0, 0.1) is 11.3 Å². The molecule has 2 heterocycles. The zero-order chi connectivity index (χ0) is 17.6. The molecule has 4 nitrogen and oxygen atoms in total. The number of rotatable bonds is 6. The summed E-state index contributed by atoms with van der Waals surface area (Å²) in [6, 6.07) is 13.4. The van der Waals surface area contributed by atoms with Crippen molar-refractivity contribution < 1.29 is 4.79 Å². The average molecular weight is 388 g/mol. The fraction of sp³-hybridized carbons (Fsp3) is 0.167. The molecular formula is C18H14ClN3OS2. The molecular weight excluding hydrogens is 374 g/mol. The topological polar surface area (TPSA) is 65.8 Å². The lowest BCUT2D eigenvalue weighted by Gasteiger charge is -2.00. The maximum atomic E-state index is 12.0. The number of aromatic nitrogens is 1. The molecule has 0 aliphatic carbocycles. The minimum atomic E-state index is -0.0520. The average Bonchev–Trinajstić information content (AvgIpc) is 3.22. The molecule has 1 aromatic carbocycles. The van der Waals surface area contributed by atoms with Crippen LogP contribution >= 0.6 is 34.3 Å². The number of hydrogen-bond donors (Lipinski definition) is 1. The molecule has 2 aromatic heterocycles. The lowest BCUT2D eigenvalue weighted by molar-refractivity contribution is -0.116. The molecule has 1 amide bonds. The summed E-state index contributed by atoms with van der Waals surface area (Å²) in [5.74, 6) is -0.0520. The lowest BCUT2D eigenvalue weighted by atomic mass is 10.1. The van der Waals surface area contributed by atoms with Crippen LogP contribution in [0.2, 0.25) is 4.34 Å². The highest BCUT2D eigenvalue weighted by Gasteiger charge is 2.09. The summed E-state index contributed by atoms with van der Waals surface area (Å²) in [5.41, 5.74) is 1.75. The number of amides is 1. The third-order valence-electron chi connectivity index (χ3n) is 3.49. The summed E-state index contributed by atoms with van der Waals surface area (Å²) in [6.45, 7) is 0. The van der Waals surface area contributed by atoms with Gasteiger partial charge in [0.15, 0.2) is 5.13 Å². The van der Waals surface area contributed by atoms with E-state index >= 15 is 0 Å². The van der Waals surface area contributed by atoms with Gasteiger partial charge in [0.1, 0.15) is 0 Å². The molecule has 0 aliphatic heterocycles. The van der Waals surface area contributed by atoms with Crippen LogP contribution in [0.5, 0.6) is 0 Å². The van der Waals surface area contributed by atoms with Crippen molar-refractivity contribution >= 4 is 45.3 Å². The number of thiophene rings is 1. The van der Waals surface area contributed by atoms with Crippen LogP contribution in [-0.2, 0) is 17.6 Å². The second kappa shape index (κ2) is 8.26. The van der Waals surface area contributed by atoms with Gasteiger partial charge < -0.3 is 5.32 Å². The molecule has 25 heavy (non-hydrogen) atoms. The van der Waals surface area contributed by atoms with Gasteiger partial charge >= 0.3 is 0 Å². The first-order valence-electron chi connectivity index (χ1n) is 7.60. The number of nitrogens with one attached hydrogen (secondary N) is 1. The Hall–Kier alpha value is -2.20. The summed E-state index contributed by atoms with van der Waals surface area (Å²) in [6.07, 6.45) is 3.58. The van der Waals surface area contributed by atoms with E-state index in [4.69, 9.17) is 16.9 Å². The number of carbonyl (C=O) groups is 1. The largest absolute Gasteiger partial charge is 0.302 e. The third-order valence-corrected chi connectivity index (χ3v) is 5.69. The lowest BCUT2D eigenvalue weighted by Crippen LogP contribution is -2.11. The van der Waals surface area contributed by atoms with E-state index in [1.807, 2.05) is 24.3 Å². The Morgan fingerprint density at radius 3 is 2.64 bits per heavy atom. The molecule has 3 rings (SSSR count). The Labute approximate surface area is 158 Å². The number of carbonyl (C=O) groups excluding carboxylic acids is 1. The van der Waals surface area contributed by atoms with Gasteiger partial charge in [0, 0.05) is 28.8 Å². The van der Waals surface area contributed by atoms with E-state index in [-0.39, 0.29) is 5.91 Å². The number of anilines is 1. The van der Waals surface area contributed by atoms with Gasteiger partial charge in [-0.2, -0.15) is 5.26 Å². The molecule has 0 atom stereocenters. The van der Waals surface area contributed by atoms with Gasteiger partial charge in [-0.1, -0.05) is 23.7 Å². The van der Waals surface area contributed by atoms with Crippen LogP contribution in [-0.4, -0.2) is 10.9 Å². The van der Waals surface area contributed by atoms with E-state index in [0.717, 1.165) is 26.1 Å². The number of nitrogens with zero attached hydrogens (tertiary/aromatic N) is 2. The maximum absolute atomic E-state index is 12.0. The van der Waals surface area contributed by atoms with Crippen molar-refractivity contribution in [3.63, 3.8) is 0 Å². The predicted octanol–water partition coefficient (Wildman–Crippen LogP) is 4.89. The fourth-order valence-corrected chi connectivity index (χ4v) is 4.20. The standard InChI is InChI=1S/C18H14ClN3OS2/c19-16-7-5-14(24-16)6-8-17(23)22-18-21-11-15(25-18)9-12-1-3-13(10-20)4-2-12/h1-5,7,11H,6,8-9H2,(H,21,22,23). The van der Waals surface area contributed by atoms with E-state index in [1.165, 1.54) is 22.7 Å². The van der Waals surface area contributed by atoms with Gasteiger partial charge in [-0.25, -0.2) is 4.98 Å². The zero-order valence-electron chi connectivity index (χ0n) is 13.2. The van der Waals surface area contributed by atoms with Gasteiger partial charge in [0.2, 0.25) is 5.91 Å². The minimum Gasteiger partial charge on any atom is -0.302 e. The zero-order valence-corrected chi connectivity index (χ0v) is 15.5. The third kappa shape index (κ3) is 5.13. The second-order valence-corrected chi connectivity index (χ2v) is 8.29. The molecule has 0 bridgehead atoms. The monoisotopic (exact) mass is 387 g/mol. The van der Waals surface area contributed by atoms with Crippen molar-refractivity contribution in [2.24, 2.45) is 0 Å². The van der Waals surface area contributed by atoms with Crippen LogP contribution < -0.4 is 5.32 Å². The second-order valence-electron chi connectivity index (χ2n) is 5.37. The summed E-state index contributed by atoms with van der Waals surface area (Å²) in [5, 5.41) is 12.3. The summed E-state index contributed by atoms with van der Waals surface area (Å²) in [4.78, 5) is 18.4. The van der Waals surface area contributed by atoms with Gasteiger partial charge in [-0.15, -0.1) is 22.7 Å². The highest BCUT2D eigenvalue weighted by atomic mass is 35.5.